The quantitative estimate of drug-likeness (QED) is 0.504. The molecular weight excluding hydrogens is 429 g/mol. The summed E-state index contributed by atoms with van der Waals surface area (Å²) in [5.74, 6) is -2.63. The number of phenols is 1. The number of nitrogens with zero attached hydrogens (tertiary/aromatic N) is 2. The Balaban J connectivity index is 1.62. The van der Waals surface area contributed by atoms with Crippen molar-refractivity contribution in [2.75, 3.05) is 39.4 Å². The topological polar surface area (TPSA) is 112 Å². The van der Waals surface area contributed by atoms with E-state index in [1.807, 2.05) is 0 Å². The Kier molecular flexibility index (Phi) is 6.81. The molecule has 3 aromatic rings. The number of carboxylic acids is 1. The molecule has 0 bridgehead atoms. The van der Waals surface area contributed by atoms with Gasteiger partial charge in [-0.2, -0.15) is 0 Å². The maximum absolute atomic E-state index is 13.2. The van der Waals surface area contributed by atoms with Gasteiger partial charge in [0.15, 0.2) is 5.75 Å². The van der Waals surface area contributed by atoms with Crippen molar-refractivity contribution in [1.82, 2.24) is 15.2 Å². The Morgan fingerprint density at radius 2 is 1.82 bits per heavy atom. The Bertz CT molecular complexity index is 1180. The number of hydrogen-bond acceptors (Lipinski definition) is 6. The molecule has 0 spiro atoms. The van der Waals surface area contributed by atoms with Crippen LogP contribution in [-0.2, 0) is 11.2 Å². The molecule has 0 aliphatic carbocycles. The average Bonchev–Trinajstić information content (AvgIpc) is 2.81. The maximum Gasteiger partial charge on any atom is 0.339 e. The molecule has 8 nitrogen and oxygen atoms in total. The lowest BCUT2D eigenvalue weighted by atomic mass is 9.99. The molecular formula is C24H24FN3O5. The Hall–Kier alpha value is -3.56. The molecule has 0 radical (unpaired) electrons. The van der Waals surface area contributed by atoms with Gasteiger partial charge in [0, 0.05) is 43.3 Å². The second-order valence-electron chi connectivity index (χ2n) is 7.88. The van der Waals surface area contributed by atoms with Gasteiger partial charge in [-0.3, -0.25) is 14.7 Å². The highest BCUT2D eigenvalue weighted by Crippen LogP contribution is 2.31. The normalized spacial score (nSPS) is 14.3. The summed E-state index contributed by atoms with van der Waals surface area (Å²) in [6, 6.07) is 8.92. The molecule has 2 aromatic carbocycles. The first-order chi connectivity index (χ1) is 15.9. The van der Waals surface area contributed by atoms with Gasteiger partial charge >= 0.3 is 5.97 Å². The number of hydrogen-bond donors (Lipinski definition) is 3. The van der Waals surface area contributed by atoms with E-state index in [9.17, 15) is 24.2 Å². The summed E-state index contributed by atoms with van der Waals surface area (Å²) in [7, 11) is 0. The monoisotopic (exact) mass is 453 g/mol. The second kappa shape index (κ2) is 9.93. The number of aromatic hydroxyl groups is 1. The van der Waals surface area contributed by atoms with Crippen molar-refractivity contribution in [3.05, 3.63) is 70.7 Å². The van der Waals surface area contributed by atoms with Crippen LogP contribution >= 0.6 is 0 Å². The minimum absolute atomic E-state index is 0.0380. The number of rotatable bonds is 7. The highest BCUT2D eigenvalue weighted by Gasteiger charge is 2.21. The van der Waals surface area contributed by atoms with Crippen molar-refractivity contribution in [2.45, 2.75) is 6.42 Å². The van der Waals surface area contributed by atoms with Crippen LogP contribution in [0, 0.1) is 5.82 Å². The molecule has 33 heavy (non-hydrogen) atoms. The van der Waals surface area contributed by atoms with Crippen LogP contribution in [0.4, 0.5) is 4.39 Å². The Morgan fingerprint density at radius 1 is 1.09 bits per heavy atom. The average molecular weight is 453 g/mol. The standard InChI is InChI=1S/C24H24FN3O5/c25-17-3-1-15(2-4-17)11-16-12-18-19(13-20(24(31)32)22(29)21(18)27-14-16)23(30)26-5-6-28-7-9-33-10-8-28/h1-4,12-14,29H,5-11H2,(H,26,30)(H,31,32). The molecule has 1 aromatic heterocycles. The van der Waals surface area contributed by atoms with Crippen LogP contribution in [0.15, 0.2) is 42.6 Å². The maximum atomic E-state index is 13.2. The van der Waals surface area contributed by atoms with Gasteiger partial charge in [-0.1, -0.05) is 12.1 Å². The number of aromatic nitrogens is 1. The van der Waals surface area contributed by atoms with Crippen LogP contribution in [0.2, 0.25) is 0 Å². The number of carbonyl (C=O) groups is 2. The van der Waals surface area contributed by atoms with Crippen molar-refractivity contribution in [3.63, 3.8) is 0 Å². The molecule has 9 heteroatoms. The summed E-state index contributed by atoms with van der Waals surface area (Å²) < 4.78 is 18.5. The van der Waals surface area contributed by atoms with E-state index < -0.39 is 17.6 Å². The summed E-state index contributed by atoms with van der Waals surface area (Å²) in [4.78, 5) is 31.0. The van der Waals surface area contributed by atoms with E-state index in [0.29, 0.717) is 38.1 Å². The van der Waals surface area contributed by atoms with E-state index in [-0.39, 0.29) is 22.5 Å². The zero-order valence-corrected chi connectivity index (χ0v) is 17.9. The van der Waals surface area contributed by atoms with Gasteiger partial charge in [-0.05, 0) is 41.8 Å². The lowest BCUT2D eigenvalue weighted by Gasteiger charge is -2.26. The van der Waals surface area contributed by atoms with Crippen LogP contribution in [0.5, 0.6) is 5.75 Å². The van der Waals surface area contributed by atoms with Gasteiger partial charge in [0.05, 0.1) is 13.2 Å². The van der Waals surface area contributed by atoms with Gasteiger partial charge in [0.2, 0.25) is 0 Å². The number of aromatic carboxylic acids is 1. The molecule has 1 saturated heterocycles. The van der Waals surface area contributed by atoms with Crippen LogP contribution in [-0.4, -0.2) is 71.4 Å². The minimum Gasteiger partial charge on any atom is -0.505 e. The van der Waals surface area contributed by atoms with Crippen LogP contribution in [0.3, 0.4) is 0 Å². The zero-order valence-electron chi connectivity index (χ0n) is 17.9. The SMILES string of the molecule is O=C(O)c1cc(C(=O)NCCN2CCOCC2)c2cc(Cc3ccc(F)cc3)cnc2c1O. The molecule has 1 aliphatic heterocycles. The molecule has 0 atom stereocenters. The molecule has 1 fully saturated rings. The molecule has 0 saturated carbocycles. The number of amides is 1. The van der Waals surface area contributed by atoms with Crippen molar-refractivity contribution in [2.24, 2.45) is 0 Å². The lowest BCUT2D eigenvalue weighted by Crippen LogP contribution is -2.41. The predicted octanol–water partition coefficient (Wildman–Crippen LogP) is 2.43. The highest BCUT2D eigenvalue weighted by atomic mass is 19.1. The number of carboxylic acid groups (broad SMARTS) is 1. The third-order valence-electron chi connectivity index (χ3n) is 5.62. The van der Waals surface area contributed by atoms with E-state index in [1.54, 1.807) is 18.2 Å². The molecule has 172 valence electrons. The van der Waals surface area contributed by atoms with Crippen molar-refractivity contribution in [1.29, 1.82) is 0 Å². The number of morpholine rings is 1. The van der Waals surface area contributed by atoms with Crippen molar-refractivity contribution < 1.29 is 28.9 Å². The second-order valence-corrected chi connectivity index (χ2v) is 7.88. The lowest BCUT2D eigenvalue weighted by molar-refractivity contribution is 0.0383. The van der Waals surface area contributed by atoms with Gasteiger partial charge in [0.1, 0.15) is 16.9 Å². The van der Waals surface area contributed by atoms with E-state index in [4.69, 9.17) is 4.74 Å². The summed E-state index contributed by atoms with van der Waals surface area (Å²) in [6.07, 6.45) is 1.94. The zero-order chi connectivity index (χ0) is 23.4. The number of carbonyl (C=O) groups excluding carboxylic acids is 1. The minimum atomic E-state index is -1.35. The first-order valence-electron chi connectivity index (χ1n) is 10.6. The Morgan fingerprint density at radius 3 is 2.52 bits per heavy atom. The van der Waals surface area contributed by atoms with Crippen LogP contribution in [0.1, 0.15) is 31.8 Å². The van der Waals surface area contributed by atoms with Crippen LogP contribution < -0.4 is 5.32 Å². The van der Waals surface area contributed by atoms with E-state index >= 15 is 0 Å². The first kappa shape index (κ1) is 22.6. The fraction of sp³-hybridized carbons (Fsp3) is 0.292. The molecule has 4 rings (SSSR count). The fourth-order valence-electron chi connectivity index (χ4n) is 3.85. The number of nitrogens with one attached hydrogen (secondary N) is 1. The molecule has 1 amide bonds. The van der Waals surface area contributed by atoms with E-state index in [1.165, 1.54) is 24.4 Å². The third kappa shape index (κ3) is 5.27. The molecule has 1 aliphatic rings. The molecule has 0 unspecified atom stereocenters. The third-order valence-corrected chi connectivity index (χ3v) is 5.62. The van der Waals surface area contributed by atoms with Crippen molar-refractivity contribution >= 4 is 22.8 Å². The highest BCUT2D eigenvalue weighted by molar-refractivity contribution is 6.11. The largest absolute Gasteiger partial charge is 0.505 e. The predicted molar refractivity (Wildman–Crippen MR) is 119 cm³/mol. The smallest absolute Gasteiger partial charge is 0.339 e. The summed E-state index contributed by atoms with van der Waals surface area (Å²) in [5, 5.41) is 23.1. The van der Waals surface area contributed by atoms with E-state index in [2.05, 4.69) is 15.2 Å². The van der Waals surface area contributed by atoms with E-state index in [0.717, 1.165) is 24.2 Å². The fourth-order valence-corrected chi connectivity index (χ4v) is 3.85. The summed E-state index contributed by atoms with van der Waals surface area (Å²) in [6.45, 7) is 3.91. The number of pyridine rings is 1. The molecule has 2 heterocycles. The first-order valence-corrected chi connectivity index (χ1v) is 10.6. The number of ether oxygens (including phenoxy) is 1. The van der Waals surface area contributed by atoms with Gasteiger partial charge < -0.3 is 20.3 Å². The summed E-state index contributed by atoms with van der Waals surface area (Å²) >= 11 is 0. The van der Waals surface area contributed by atoms with Gasteiger partial charge in [-0.15, -0.1) is 0 Å². The number of benzene rings is 2. The Labute approximate surface area is 189 Å². The summed E-state index contributed by atoms with van der Waals surface area (Å²) in [5.41, 5.74) is 1.35. The number of halogens is 1. The van der Waals surface area contributed by atoms with Gasteiger partial charge in [0.25, 0.3) is 5.91 Å². The van der Waals surface area contributed by atoms with Gasteiger partial charge in [-0.25, -0.2) is 9.18 Å². The van der Waals surface area contributed by atoms with Crippen LogP contribution in [0.25, 0.3) is 10.9 Å². The number of fused-ring (bicyclic) bond motifs is 1. The molecule has 3 N–H and O–H groups in total. The van der Waals surface area contributed by atoms with Crippen molar-refractivity contribution in [3.8, 4) is 5.75 Å².